The van der Waals surface area contributed by atoms with E-state index in [2.05, 4.69) is 24.3 Å². The van der Waals surface area contributed by atoms with Gasteiger partial charge in [-0.25, -0.2) is 0 Å². The quantitative estimate of drug-likeness (QED) is 0.672. The van der Waals surface area contributed by atoms with Crippen molar-refractivity contribution in [3.8, 4) is 0 Å². The highest BCUT2D eigenvalue weighted by molar-refractivity contribution is 7.99. The average Bonchev–Trinajstić information content (AvgIpc) is 2.54. The van der Waals surface area contributed by atoms with Crippen LogP contribution < -0.4 is 0 Å². The molecule has 0 saturated carbocycles. The van der Waals surface area contributed by atoms with Gasteiger partial charge in [0.1, 0.15) is 11.6 Å². The molecule has 23 heavy (non-hydrogen) atoms. The second kappa shape index (κ2) is 8.68. The first kappa shape index (κ1) is 17.5. The summed E-state index contributed by atoms with van der Waals surface area (Å²) < 4.78 is 0. The lowest BCUT2D eigenvalue weighted by molar-refractivity contribution is -0.117. The van der Waals surface area contributed by atoms with Crippen LogP contribution in [-0.4, -0.2) is 11.6 Å². The van der Waals surface area contributed by atoms with E-state index in [1.165, 1.54) is 0 Å². The number of hydrogen-bond acceptors (Lipinski definition) is 3. The highest BCUT2D eigenvalue weighted by atomic mass is 32.2. The lowest BCUT2D eigenvalue weighted by Gasteiger charge is -2.23. The molecule has 0 heterocycles. The molecule has 0 spiro atoms. The van der Waals surface area contributed by atoms with Gasteiger partial charge in [-0.1, -0.05) is 60.7 Å². The zero-order chi connectivity index (χ0) is 16.7. The van der Waals surface area contributed by atoms with Gasteiger partial charge in [-0.3, -0.25) is 9.59 Å². The van der Waals surface area contributed by atoms with Gasteiger partial charge in [0.05, 0.1) is 0 Å². The normalized spacial score (nSPS) is 13.3. The lowest BCUT2D eigenvalue weighted by atomic mass is 10.1. The Labute approximate surface area is 142 Å². The molecule has 3 heteroatoms. The van der Waals surface area contributed by atoms with E-state index in [0.717, 1.165) is 11.1 Å². The summed E-state index contributed by atoms with van der Waals surface area (Å²) in [5, 5.41) is 0.136. The first-order valence-corrected chi connectivity index (χ1v) is 8.74. The van der Waals surface area contributed by atoms with Crippen molar-refractivity contribution < 1.29 is 9.59 Å². The molecule has 0 radical (unpaired) electrons. The van der Waals surface area contributed by atoms with Crippen LogP contribution in [0.4, 0.5) is 0 Å². The number of carbonyl (C=O) groups excluding carboxylic acids is 2. The minimum absolute atomic E-state index is 0.0678. The van der Waals surface area contributed by atoms with Crippen LogP contribution in [0.1, 0.15) is 48.3 Å². The molecule has 120 valence electrons. The summed E-state index contributed by atoms with van der Waals surface area (Å²) in [5.41, 5.74) is 2.27. The molecule has 2 atom stereocenters. The lowest BCUT2D eigenvalue weighted by Crippen LogP contribution is -2.07. The van der Waals surface area contributed by atoms with Crippen molar-refractivity contribution in [2.24, 2.45) is 0 Å². The van der Waals surface area contributed by atoms with Crippen LogP contribution in [0.3, 0.4) is 0 Å². The maximum Gasteiger partial charge on any atom is 0.131 e. The topological polar surface area (TPSA) is 34.1 Å². The van der Waals surface area contributed by atoms with E-state index in [-0.39, 0.29) is 22.1 Å². The standard InChI is InChI=1S/C20H22O2S/c1-15(21)13-19(17-9-5-3-6-10-17)23-20(14-16(2)22)18-11-7-4-8-12-18/h3-12,19-20H,13-14H2,1-2H3. The van der Waals surface area contributed by atoms with Crippen molar-refractivity contribution in [3.63, 3.8) is 0 Å². The Kier molecular flexibility index (Phi) is 6.60. The van der Waals surface area contributed by atoms with Gasteiger partial charge >= 0.3 is 0 Å². The Balaban J connectivity index is 2.26. The van der Waals surface area contributed by atoms with Gasteiger partial charge in [-0.05, 0) is 25.0 Å². The average molecular weight is 326 g/mol. The first-order chi connectivity index (χ1) is 11.1. The fraction of sp³-hybridized carbons (Fsp3) is 0.300. The second-order valence-electron chi connectivity index (χ2n) is 5.75. The van der Waals surface area contributed by atoms with Gasteiger partial charge in [0.25, 0.3) is 0 Å². The van der Waals surface area contributed by atoms with Crippen LogP contribution in [-0.2, 0) is 9.59 Å². The van der Waals surface area contributed by atoms with Crippen molar-refractivity contribution in [1.29, 1.82) is 0 Å². The highest BCUT2D eigenvalue weighted by Gasteiger charge is 2.22. The van der Waals surface area contributed by atoms with Gasteiger partial charge < -0.3 is 0 Å². The molecular formula is C20H22O2S. The molecule has 0 saturated heterocycles. The summed E-state index contributed by atoms with van der Waals surface area (Å²) in [4.78, 5) is 23.4. The molecule has 2 unspecified atom stereocenters. The number of hydrogen-bond donors (Lipinski definition) is 0. The molecule has 0 aliphatic heterocycles. The van der Waals surface area contributed by atoms with Crippen LogP contribution in [0.5, 0.6) is 0 Å². The van der Waals surface area contributed by atoms with E-state index in [1.54, 1.807) is 25.6 Å². The third-order valence-electron chi connectivity index (χ3n) is 3.62. The Morgan fingerprint density at radius 3 is 1.39 bits per heavy atom. The summed E-state index contributed by atoms with van der Waals surface area (Å²) in [5.74, 6) is 0.335. The SMILES string of the molecule is CC(=O)CC(SC(CC(C)=O)c1ccccc1)c1ccccc1. The predicted octanol–water partition coefficient (Wildman–Crippen LogP) is 5.16. The molecule has 0 bridgehead atoms. The number of ketones is 2. The molecular weight excluding hydrogens is 304 g/mol. The maximum atomic E-state index is 11.7. The Bertz CT molecular complexity index is 580. The zero-order valence-corrected chi connectivity index (χ0v) is 14.4. The van der Waals surface area contributed by atoms with E-state index >= 15 is 0 Å². The minimum Gasteiger partial charge on any atom is -0.300 e. The van der Waals surface area contributed by atoms with E-state index in [1.807, 2.05) is 36.4 Å². The number of carbonyl (C=O) groups is 2. The summed E-state index contributed by atoms with van der Waals surface area (Å²) >= 11 is 1.71. The minimum atomic E-state index is 0.0678. The largest absolute Gasteiger partial charge is 0.300 e. The third kappa shape index (κ3) is 5.68. The van der Waals surface area contributed by atoms with Crippen LogP contribution >= 0.6 is 11.8 Å². The summed E-state index contributed by atoms with van der Waals surface area (Å²) in [7, 11) is 0. The number of Topliss-reactive ketones (excluding diaryl/α,β-unsaturated/α-hetero) is 2. The van der Waals surface area contributed by atoms with E-state index in [9.17, 15) is 9.59 Å². The van der Waals surface area contributed by atoms with Gasteiger partial charge in [0, 0.05) is 23.3 Å². The molecule has 2 nitrogen and oxygen atoms in total. The number of thioether (sulfide) groups is 1. The van der Waals surface area contributed by atoms with Crippen molar-refractivity contribution in [2.45, 2.75) is 37.2 Å². The van der Waals surface area contributed by atoms with E-state index < -0.39 is 0 Å². The number of benzene rings is 2. The second-order valence-corrected chi connectivity index (χ2v) is 7.16. The van der Waals surface area contributed by atoms with Crippen LogP contribution in [0, 0.1) is 0 Å². The fourth-order valence-corrected chi connectivity index (χ4v) is 4.23. The molecule has 0 fully saturated rings. The summed E-state index contributed by atoms with van der Waals surface area (Å²) in [6.07, 6.45) is 0.964. The predicted molar refractivity (Wildman–Crippen MR) is 96.6 cm³/mol. The molecule has 0 N–H and O–H groups in total. The van der Waals surface area contributed by atoms with Crippen molar-refractivity contribution in [1.82, 2.24) is 0 Å². The number of rotatable bonds is 8. The van der Waals surface area contributed by atoms with Crippen LogP contribution in [0.2, 0.25) is 0 Å². The summed E-state index contributed by atoms with van der Waals surface area (Å²) in [6.45, 7) is 3.25. The Morgan fingerprint density at radius 2 is 1.09 bits per heavy atom. The molecule has 2 rings (SSSR count). The fourth-order valence-electron chi connectivity index (χ4n) is 2.54. The van der Waals surface area contributed by atoms with Crippen molar-refractivity contribution >= 4 is 23.3 Å². The molecule has 2 aromatic rings. The highest BCUT2D eigenvalue weighted by Crippen LogP contribution is 2.44. The monoisotopic (exact) mass is 326 g/mol. The Morgan fingerprint density at radius 1 is 0.739 bits per heavy atom. The first-order valence-electron chi connectivity index (χ1n) is 7.80. The third-order valence-corrected chi connectivity index (χ3v) is 5.15. The van der Waals surface area contributed by atoms with Crippen LogP contribution in [0.25, 0.3) is 0 Å². The van der Waals surface area contributed by atoms with Gasteiger partial charge in [0.2, 0.25) is 0 Å². The van der Waals surface area contributed by atoms with Crippen molar-refractivity contribution in [2.75, 3.05) is 0 Å². The van der Waals surface area contributed by atoms with Gasteiger partial charge in [-0.15, -0.1) is 11.8 Å². The summed E-state index contributed by atoms with van der Waals surface area (Å²) in [6, 6.07) is 20.1. The zero-order valence-electron chi connectivity index (χ0n) is 13.6. The Hall–Kier alpha value is -1.87. The van der Waals surface area contributed by atoms with Gasteiger partial charge in [-0.2, -0.15) is 0 Å². The van der Waals surface area contributed by atoms with E-state index in [4.69, 9.17) is 0 Å². The molecule has 0 aliphatic rings. The molecule has 0 amide bonds. The van der Waals surface area contributed by atoms with E-state index in [0.29, 0.717) is 12.8 Å². The van der Waals surface area contributed by atoms with Crippen LogP contribution in [0.15, 0.2) is 60.7 Å². The maximum absolute atomic E-state index is 11.7. The smallest absolute Gasteiger partial charge is 0.131 e. The molecule has 0 aromatic heterocycles. The van der Waals surface area contributed by atoms with Crippen molar-refractivity contribution in [3.05, 3.63) is 71.8 Å². The van der Waals surface area contributed by atoms with Gasteiger partial charge in [0.15, 0.2) is 0 Å². The molecule has 0 aliphatic carbocycles. The molecule has 2 aromatic carbocycles.